The summed E-state index contributed by atoms with van der Waals surface area (Å²) in [5.41, 5.74) is 0.968. The summed E-state index contributed by atoms with van der Waals surface area (Å²) < 4.78 is 5.30. The van der Waals surface area contributed by atoms with Gasteiger partial charge in [0.25, 0.3) is 0 Å². The molecule has 0 aromatic carbocycles. The molecule has 2 unspecified atom stereocenters. The predicted molar refractivity (Wildman–Crippen MR) is 73.1 cm³/mol. The van der Waals surface area contributed by atoms with Crippen molar-refractivity contribution < 1.29 is 4.42 Å². The molecule has 0 saturated carbocycles. The zero-order valence-electron chi connectivity index (χ0n) is 11.5. The number of nitrogens with zero attached hydrogens (tertiary/aromatic N) is 3. The zero-order valence-corrected chi connectivity index (χ0v) is 11.5. The molecule has 1 fully saturated rings. The van der Waals surface area contributed by atoms with Gasteiger partial charge in [-0.15, -0.1) is 5.10 Å². The third kappa shape index (κ3) is 2.35. The molecule has 2 N–H and O–H groups in total. The van der Waals surface area contributed by atoms with Crippen molar-refractivity contribution in [3.05, 3.63) is 18.1 Å². The van der Waals surface area contributed by atoms with Gasteiger partial charge >= 0.3 is 0 Å². The number of hydrogen-bond donors (Lipinski definition) is 2. The van der Waals surface area contributed by atoms with Gasteiger partial charge in [0, 0.05) is 25.2 Å². The number of hydrogen-bond acceptors (Lipinski definition) is 5. The van der Waals surface area contributed by atoms with Crippen molar-refractivity contribution in [3.63, 3.8) is 0 Å². The molecule has 19 heavy (non-hydrogen) atoms. The summed E-state index contributed by atoms with van der Waals surface area (Å²) in [6, 6.07) is 2.80. The van der Waals surface area contributed by atoms with E-state index in [-0.39, 0.29) is 0 Å². The number of aromatic amines is 1. The van der Waals surface area contributed by atoms with Crippen LogP contribution in [0.25, 0.3) is 11.4 Å². The minimum atomic E-state index is 0.446. The third-order valence-corrected chi connectivity index (χ3v) is 3.43. The summed E-state index contributed by atoms with van der Waals surface area (Å²) in [4.78, 5) is 6.79. The summed E-state index contributed by atoms with van der Waals surface area (Å²) in [7, 11) is 0. The molecule has 102 valence electrons. The Morgan fingerprint density at radius 2 is 2.05 bits per heavy atom. The Labute approximate surface area is 112 Å². The molecule has 0 radical (unpaired) electrons. The van der Waals surface area contributed by atoms with Crippen LogP contribution in [0.1, 0.15) is 19.6 Å². The van der Waals surface area contributed by atoms with Gasteiger partial charge < -0.3 is 14.6 Å². The van der Waals surface area contributed by atoms with Gasteiger partial charge in [0.15, 0.2) is 5.82 Å². The van der Waals surface area contributed by atoms with Gasteiger partial charge in [0.2, 0.25) is 5.95 Å². The average molecular weight is 261 g/mol. The SMILES string of the molecule is Cc1occc1-c1nc(N2CC(C)NC(C)C2)n[nH]1. The van der Waals surface area contributed by atoms with Crippen molar-refractivity contribution in [2.75, 3.05) is 18.0 Å². The first-order valence-corrected chi connectivity index (χ1v) is 6.61. The van der Waals surface area contributed by atoms with E-state index in [2.05, 4.69) is 39.2 Å². The number of furan rings is 1. The van der Waals surface area contributed by atoms with E-state index in [4.69, 9.17) is 4.42 Å². The maximum absolute atomic E-state index is 5.30. The van der Waals surface area contributed by atoms with Crippen LogP contribution in [0.3, 0.4) is 0 Å². The number of nitrogens with one attached hydrogen (secondary N) is 2. The maximum atomic E-state index is 5.30. The molecule has 3 heterocycles. The monoisotopic (exact) mass is 261 g/mol. The molecule has 2 atom stereocenters. The molecule has 0 amide bonds. The molecule has 0 aliphatic carbocycles. The molecule has 6 heteroatoms. The lowest BCUT2D eigenvalue weighted by Gasteiger charge is -2.35. The third-order valence-electron chi connectivity index (χ3n) is 3.43. The van der Waals surface area contributed by atoms with Crippen LogP contribution in [0.4, 0.5) is 5.95 Å². The largest absolute Gasteiger partial charge is 0.469 e. The number of H-pyrrole nitrogens is 1. The van der Waals surface area contributed by atoms with E-state index in [1.807, 2.05) is 13.0 Å². The Morgan fingerprint density at radius 3 is 2.68 bits per heavy atom. The number of rotatable bonds is 2. The van der Waals surface area contributed by atoms with Crippen molar-refractivity contribution in [1.29, 1.82) is 0 Å². The second kappa shape index (κ2) is 4.70. The lowest BCUT2D eigenvalue weighted by Crippen LogP contribution is -2.54. The van der Waals surface area contributed by atoms with Crippen molar-refractivity contribution in [2.24, 2.45) is 0 Å². The number of piperazine rings is 1. The summed E-state index contributed by atoms with van der Waals surface area (Å²) >= 11 is 0. The second-order valence-corrected chi connectivity index (χ2v) is 5.25. The van der Waals surface area contributed by atoms with Crippen LogP contribution < -0.4 is 10.2 Å². The molecule has 1 aliphatic rings. The lowest BCUT2D eigenvalue weighted by molar-refractivity contribution is 0.403. The molecular weight excluding hydrogens is 242 g/mol. The smallest absolute Gasteiger partial charge is 0.245 e. The fraction of sp³-hybridized carbons (Fsp3) is 0.538. The fourth-order valence-corrected chi connectivity index (χ4v) is 2.64. The maximum Gasteiger partial charge on any atom is 0.245 e. The Hall–Kier alpha value is -1.82. The minimum Gasteiger partial charge on any atom is -0.469 e. The summed E-state index contributed by atoms with van der Waals surface area (Å²) in [6.45, 7) is 8.12. The quantitative estimate of drug-likeness (QED) is 0.858. The lowest BCUT2D eigenvalue weighted by atomic mass is 10.1. The van der Waals surface area contributed by atoms with E-state index in [9.17, 15) is 0 Å². The van der Waals surface area contributed by atoms with E-state index >= 15 is 0 Å². The van der Waals surface area contributed by atoms with Gasteiger partial charge in [-0.1, -0.05) is 0 Å². The Kier molecular flexibility index (Phi) is 3.02. The Morgan fingerprint density at radius 1 is 1.32 bits per heavy atom. The number of anilines is 1. The van der Waals surface area contributed by atoms with Gasteiger partial charge in [0.05, 0.1) is 11.8 Å². The molecule has 6 nitrogen and oxygen atoms in total. The van der Waals surface area contributed by atoms with Crippen LogP contribution in [0.2, 0.25) is 0 Å². The van der Waals surface area contributed by atoms with E-state index < -0.39 is 0 Å². The highest BCUT2D eigenvalue weighted by Crippen LogP contribution is 2.22. The highest BCUT2D eigenvalue weighted by Gasteiger charge is 2.24. The van der Waals surface area contributed by atoms with E-state index in [0.717, 1.165) is 36.2 Å². The summed E-state index contributed by atoms with van der Waals surface area (Å²) in [5.74, 6) is 2.38. The summed E-state index contributed by atoms with van der Waals surface area (Å²) in [6.07, 6.45) is 1.67. The molecule has 3 rings (SSSR count). The predicted octanol–water partition coefficient (Wildman–Crippen LogP) is 1.56. The van der Waals surface area contributed by atoms with Gasteiger partial charge in [-0.25, -0.2) is 0 Å². The van der Waals surface area contributed by atoms with Crippen molar-refractivity contribution >= 4 is 5.95 Å². The van der Waals surface area contributed by atoms with E-state index in [1.54, 1.807) is 6.26 Å². The van der Waals surface area contributed by atoms with Crippen LogP contribution in [0.15, 0.2) is 16.7 Å². The highest BCUT2D eigenvalue weighted by molar-refractivity contribution is 5.58. The first-order valence-electron chi connectivity index (χ1n) is 6.61. The van der Waals surface area contributed by atoms with E-state index in [1.165, 1.54) is 0 Å². The van der Waals surface area contributed by atoms with Crippen LogP contribution in [-0.2, 0) is 0 Å². The second-order valence-electron chi connectivity index (χ2n) is 5.25. The normalized spacial score (nSPS) is 23.8. The van der Waals surface area contributed by atoms with Gasteiger partial charge in [-0.05, 0) is 26.8 Å². The molecule has 1 saturated heterocycles. The number of aryl methyl sites for hydroxylation is 1. The molecular formula is C13H19N5O. The van der Waals surface area contributed by atoms with Crippen molar-refractivity contribution in [1.82, 2.24) is 20.5 Å². The molecule has 2 aromatic rings. The van der Waals surface area contributed by atoms with Crippen molar-refractivity contribution in [2.45, 2.75) is 32.9 Å². The molecule has 0 bridgehead atoms. The van der Waals surface area contributed by atoms with Crippen LogP contribution in [0, 0.1) is 6.92 Å². The molecule has 0 spiro atoms. The van der Waals surface area contributed by atoms with Crippen LogP contribution >= 0.6 is 0 Å². The van der Waals surface area contributed by atoms with Gasteiger partial charge in [-0.2, -0.15) is 4.98 Å². The summed E-state index contributed by atoms with van der Waals surface area (Å²) in [5, 5.41) is 10.8. The first-order chi connectivity index (χ1) is 9.13. The minimum absolute atomic E-state index is 0.446. The van der Waals surface area contributed by atoms with Crippen molar-refractivity contribution in [3.8, 4) is 11.4 Å². The van der Waals surface area contributed by atoms with Crippen LogP contribution in [0.5, 0.6) is 0 Å². The molecule has 1 aliphatic heterocycles. The van der Waals surface area contributed by atoms with E-state index in [0.29, 0.717) is 12.1 Å². The standard InChI is InChI=1S/C13H19N5O/c1-8-6-18(7-9(2)14-8)13-15-12(16-17-13)11-4-5-19-10(11)3/h4-5,8-9,14H,6-7H2,1-3H3,(H,15,16,17). The number of aromatic nitrogens is 3. The Balaban J connectivity index is 1.83. The fourth-order valence-electron chi connectivity index (χ4n) is 2.64. The zero-order chi connectivity index (χ0) is 13.4. The highest BCUT2D eigenvalue weighted by atomic mass is 16.3. The molecule has 2 aromatic heterocycles. The first kappa shape index (κ1) is 12.2. The average Bonchev–Trinajstić information content (AvgIpc) is 2.95. The topological polar surface area (TPSA) is 70.0 Å². The Bertz CT molecular complexity index is 551. The van der Waals surface area contributed by atoms with Crippen LogP contribution in [-0.4, -0.2) is 40.4 Å². The van der Waals surface area contributed by atoms with Gasteiger partial charge in [0.1, 0.15) is 5.76 Å². The van der Waals surface area contributed by atoms with Gasteiger partial charge in [-0.3, -0.25) is 5.10 Å².